The quantitative estimate of drug-likeness (QED) is 0.900. The van der Waals surface area contributed by atoms with Gasteiger partial charge in [0.1, 0.15) is 11.5 Å². The van der Waals surface area contributed by atoms with Gasteiger partial charge in [0.2, 0.25) is 0 Å². The van der Waals surface area contributed by atoms with Crippen LogP contribution in [0.25, 0.3) is 0 Å². The highest BCUT2D eigenvalue weighted by molar-refractivity contribution is 6.30. The van der Waals surface area contributed by atoms with Crippen LogP contribution in [0.15, 0.2) is 48.5 Å². The normalized spacial score (nSPS) is 22.5. The number of hydrogen-bond donors (Lipinski definition) is 1. The van der Waals surface area contributed by atoms with E-state index in [0.717, 1.165) is 37.9 Å². The number of nitrogens with one attached hydrogen (secondary N) is 1. The van der Waals surface area contributed by atoms with Crippen molar-refractivity contribution in [3.63, 3.8) is 0 Å². The van der Waals surface area contributed by atoms with E-state index in [4.69, 9.17) is 16.3 Å². The molecule has 2 atom stereocenters. The molecule has 130 valence electrons. The first kappa shape index (κ1) is 16.4. The molecule has 0 radical (unpaired) electrons. The maximum absolute atomic E-state index is 13.0. The number of amides is 1. The molecule has 0 spiro atoms. The summed E-state index contributed by atoms with van der Waals surface area (Å²) in [5.74, 6) is 1.51. The number of fused-ring (bicyclic) bond motifs is 2. The van der Waals surface area contributed by atoms with E-state index < -0.39 is 0 Å². The number of benzene rings is 2. The van der Waals surface area contributed by atoms with Crippen molar-refractivity contribution in [1.82, 2.24) is 10.2 Å². The third-order valence-electron chi connectivity index (χ3n) is 5.02. The van der Waals surface area contributed by atoms with E-state index in [-0.39, 0.29) is 5.91 Å². The molecule has 4 rings (SSSR count). The Labute approximate surface area is 152 Å². The van der Waals surface area contributed by atoms with Crippen molar-refractivity contribution < 1.29 is 9.53 Å². The minimum absolute atomic E-state index is 0.130. The molecule has 1 amide bonds. The van der Waals surface area contributed by atoms with Crippen LogP contribution in [-0.2, 0) is 0 Å². The van der Waals surface area contributed by atoms with Crippen LogP contribution in [0.1, 0.15) is 29.6 Å². The molecule has 0 aliphatic carbocycles. The van der Waals surface area contributed by atoms with Gasteiger partial charge in [0.05, 0.1) is 0 Å². The fraction of sp³-hybridized carbons (Fsp3) is 0.350. The topological polar surface area (TPSA) is 41.6 Å². The lowest BCUT2D eigenvalue weighted by molar-refractivity contribution is 0.0680. The molecule has 0 aromatic heterocycles. The maximum atomic E-state index is 13.0. The van der Waals surface area contributed by atoms with E-state index in [1.807, 2.05) is 36.4 Å². The van der Waals surface area contributed by atoms with Crippen molar-refractivity contribution in [2.75, 3.05) is 13.1 Å². The second-order valence-corrected chi connectivity index (χ2v) is 7.11. The highest BCUT2D eigenvalue weighted by Gasteiger charge is 2.38. The lowest BCUT2D eigenvalue weighted by Crippen LogP contribution is -2.42. The Hall–Kier alpha value is -2.04. The number of ether oxygens (including phenoxy) is 1. The van der Waals surface area contributed by atoms with E-state index in [9.17, 15) is 4.79 Å². The zero-order chi connectivity index (χ0) is 17.2. The first-order valence-electron chi connectivity index (χ1n) is 8.77. The van der Waals surface area contributed by atoms with Gasteiger partial charge in [0.25, 0.3) is 5.91 Å². The van der Waals surface area contributed by atoms with E-state index >= 15 is 0 Å². The largest absolute Gasteiger partial charge is 0.457 e. The first-order chi connectivity index (χ1) is 12.2. The molecule has 2 bridgehead atoms. The molecular weight excluding hydrogens is 336 g/mol. The third-order valence-corrected chi connectivity index (χ3v) is 5.26. The van der Waals surface area contributed by atoms with Crippen LogP contribution in [0.3, 0.4) is 0 Å². The number of carbonyl (C=O) groups is 1. The van der Waals surface area contributed by atoms with Crippen LogP contribution < -0.4 is 10.1 Å². The van der Waals surface area contributed by atoms with Gasteiger partial charge in [-0.25, -0.2) is 0 Å². The number of carbonyl (C=O) groups excluding carboxylic acids is 1. The summed E-state index contributed by atoms with van der Waals surface area (Å²) in [6.07, 6.45) is 3.26. The zero-order valence-corrected chi connectivity index (χ0v) is 14.7. The van der Waals surface area contributed by atoms with Crippen LogP contribution in [0.4, 0.5) is 0 Å². The number of rotatable bonds is 3. The maximum Gasteiger partial charge on any atom is 0.254 e. The Morgan fingerprint density at radius 2 is 1.84 bits per heavy atom. The summed E-state index contributed by atoms with van der Waals surface area (Å²) >= 11 is 5.98. The summed E-state index contributed by atoms with van der Waals surface area (Å²) in [7, 11) is 0. The smallest absolute Gasteiger partial charge is 0.254 e. The molecule has 5 heteroatoms. The van der Waals surface area contributed by atoms with Crippen LogP contribution in [0.2, 0.25) is 5.02 Å². The molecule has 2 saturated heterocycles. The number of halogens is 1. The second kappa shape index (κ2) is 7.06. The fourth-order valence-electron chi connectivity index (χ4n) is 3.80. The molecular formula is C20H21ClN2O2. The van der Waals surface area contributed by atoms with Gasteiger partial charge < -0.3 is 15.0 Å². The fourth-order valence-corrected chi connectivity index (χ4v) is 3.98. The summed E-state index contributed by atoms with van der Waals surface area (Å²) in [4.78, 5) is 15.1. The van der Waals surface area contributed by atoms with Crippen molar-refractivity contribution >= 4 is 17.5 Å². The monoisotopic (exact) mass is 356 g/mol. The molecule has 25 heavy (non-hydrogen) atoms. The molecule has 2 aliphatic rings. The number of hydrogen-bond acceptors (Lipinski definition) is 3. The van der Waals surface area contributed by atoms with Crippen LogP contribution in [0, 0.1) is 0 Å². The Bertz CT molecular complexity index is 749. The van der Waals surface area contributed by atoms with Gasteiger partial charge in [-0.15, -0.1) is 0 Å². The third kappa shape index (κ3) is 3.51. The van der Waals surface area contributed by atoms with Gasteiger partial charge in [0.15, 0.2) is 0 Å². The van der Waals surface area contributed by atoms with Crippen LogP contribution in [-0.4, -0.2) is 36.0 Å². The van der Waals surface area contributed by atoms with Crippen molar-refractivity contribution in [2.45, 2.75) is 31.3 Å². The second-order valence-electron chi connectivity index (χ2n) is 6.67. The Kier molecular flexibility index (Phi) is 4.64. The average molecular weight is 357 g/mol. The number of nitrogens with zero attached hydrogens (tertiary/aromatic N) is 1. The minimum Gasteiger partial charge on any atom is -0.457 e. The summed E-state index contributed by atoms with van der Waals surface area (Å²) < 4.78 is 5.79. The van der Waals surface area contributed by atoms with Gasteiger partial charge in [-0.2, -0.15) is 0 Å². The highest BCUT2D eigenvalue weighted by atomic mass is 35.5. The molecule has 2 heterocycles. The molecule has 2 aromatic rings. The summed E-state index contributed by atoms with van der Waals surface area (Å²) in [6, 6.07) is 15.3. The molecule has 0 saturated carbocycles. The average Bonchev–Trinajstić information content (AvgIpc) is 2.88. The van der Waals surface area contributed by atoms with Crippen LogP contribution in [0.5, 0.6) is 11.5 Å². The van der Waals surface area contributed by atoms with Crippen molar-refractivity contribution in [3.8, 4) is 11.5 Å². The van der Waals surface area contributed by atoms with Crippen molar-refractivity contribution in [3.05, 3.63) is 59.1 Å². The standard InChI is InChI=1S/C20H21ClN2O2/c21-15-2-1-3-19(12-15)25-18-8-4-14(5-9-18)20(24)23-16-6-7-17(23)13-22-11-10-16/h1-5,8-9,12,16-17,22H,6-7,10-11,13H2. The summed E-state index contributed by atoms with van der Waals surface area (Å²) in [5, 5.41) is 4.07. The van der Waals surface area contributed by atoms with Gasteiger partial charge in [-0.1, -0.05) is 17.7 Å². The lowest BCUT2D eigenvalue weighted by atomic mass is 10.1. The highest BCUT2D eigenvalue weighted by Crippen LogP contribution is 2.30. The predicted octanol–water partition coefficient (Wildman–Crippen LogP) is 4.10. The van der Waals surface area contributed by atoms with E-state index in [1.54, 1.807) is 12.1 Å². The molecule has 2 fully saturated rings. The minimum atomic E-state index is 0.130. The zero-order valence-electron chi connectivity index (χ0n) is 14.0. The van der Waals surface area contributed by atoms with Gasteiger partial charge in [-0.3, -0.25) is 4.79 Å². The summed E-state index contributed by atoms with van der Waals surface area (Å²) in [5.41, 5.74) is 0.720. The van der Waals surface area contributed by atoms with Crippen molar-refractivity contribution in [2.24, 2.45) is 0 Å². The van der Waals surface area contributed by atoms with Crippen LogP contribution >= 0.6 is 11.6 Å². The first-order valence-corrected chi connectivity index (χ1v) is 9.15. The SMILES string of the molecule is O=C(c1ccc(Oc2cccc(Cl)c2)cc1)N1C2CCNCC1CC2. The molecule has 2 aromatic carbocycles. The molecule has 4 nitrogen and oxygen atoms in total. The molecule has 2 aliphatic heterocycles. The van der Waals surface area contributed by atoms with Crippen molar-refractivity contribution in [1.29, 1.82) is 0 Å². The Morgan fingerprint density at radius 1 is 1.04 bits per heavy atom. The van der Waals surface area contributed by atoms with Gasteiger partial charge in [0, 0.05) is 29.2 Å². The van der Waals surface area contributed by atoms with E-state index in [2.05, 4.69) is 10.2 Å². The van der Waals surface area contributed by atoms with Gasteiger partial charge >= 0.3 is 0 Å². The Morgan fingerprint density at radius 3 is 2.64 bits per heavy atom. The molecule has 1 N–H and O–H groups in total. The lowest BCUT2D eigenvalue weighted by Gasteiger charge is -2.28. The van der Waals surface area contributed by atoms with Gasteiger partial charge in [-0.05, 0) is 68.3 Å². The molecule has 2 unspecified atom stereocenters. The van der Waals surface area contributed by atoms with E-state index in [0.29, 0.717) is 28.6 Å². The van der Waals surface area contributed by atoms with E-state index in [1.165, 1.54) is 0 Å². The summed E-state index contributed by atoms with van der Waals surface area (Å²) in [6.45, 7) is 1.90. The Balaban J connectivity index is 1.49. The predicted molar refractivity (Wildman–Crippen MR) is 98.4 cm³/mol.